The van der Waals surface area contributed by atoms with Gasteiger partial charge in [0.15, 0.2) is 0 Å². The smallest absolute Gasteiger partial charge is 0.252 e. The number of nitrogens with one attached hydrogen (secondary N) is 1. The number of hydrogen-bond donors (Lipinski definition) is 1. The Hall–Kier alpha value is -2.99. The Morgan fingerprint density at radius 3 is 2.72 bits per heavy atom. The molecule has 2 aliphatic rings. The predicted molar refractivity (Wildman–Crippen MR) is 114 cm³/mol. The zero-order valence-electron chi connectivity index (χ0n) is 16.4. The number of aromatic nitrogens is 3. The van der Waals surface area contributed by atoms with Gasteiger partial charge in [-0.2, -0.15) is 0 Å². The Morgan fingerprint density at radius 1 is 1.07 bits per heavy atom. The first-order valence-corrected chi connectivity index (χ1v) is 10.3. The maximum absolute atomic E-state index is 12.4. The molecule has 0 aliphatic carbocycles. The van der Waals surface area contributed by atoms with E-state index in [4.69, 9.17) is 4.98 Å². The van der Waals surface area contributed by atoms with Crippen molar-refractivity contribution in [2.24, 2.45) is 5.92 Å². The van der Waals surface area contributed by atoms with E-state index >= 15 is 0 Å². The number of likely N-dealkylation sites (tertiary alicyclic amines) is 1. The van der Waals surface area contributed by atoms with Crippen LogP contribution in [0, 0.1) is 5.92 Å². The number of anilines is 1. The lowest BCUT2D eigenvalue weighted by molar-refractivity contribution is 0.313. The van der Waals surface area contributed by atoms with Crippen molar-refractivity contribution in [1.29, 1.82) is 0 Å². The van der Waals surface area contributed by atoms with E-state index in [1.807, 2.05) is 12.1 Å². The van der Waals surface area contributed by atoms with Gasteiger partial charge in [0.05, 0.1) is 5.69 Å². The van der Waals surface area contributed by atoms with Crippen LogP contribution in [0.4, 0.5) is 5.95 Å². The van der Waals surface area contributed by atoms with Crippen LogP contribution >= 0.6 is 0 Å². The van der Waals surface area contributed by atoms with E-state index in [1.54, 1.807) is 18.5 Å². The van der Waals surface area contributed by atoms with Gasteiger partial charge < -0.3 is 4.90 Å². The molecule has 0 amide bonds. The van der Waals surface area contributed by atoms with Crippen molar-refractivity contribution in [2.75, 3.05) is 24.5 Å². The number of nitrogens with zero attached hydrogens (tertiary/aromatic N) is 4. The molecule has 0 saturated carbocycles. The first-order chi connectivity index (χ1) is 14.3. The molecule has 2 aliphatic heterocycles. The third-order valence-corrected chi connectivity index (χ3v) is 6.08. The highest BCUT2D eigenvalue weighted by atomic mass is 16.1. The molecule has 2 aromatic heterocycles. The second-order valence-corrected chi connectivity index (χ2v) is 8.03. The third kappa shape index (κ3) is 3.80. The molecule has 3 aromatic rings. The maximum Gasteiger partial charge on any atom is 0.252 e. The predicted octanol–water partition coefficient (Wildman–Crippen LogP) is 2.93. The van der Waals surface area contributed by atoms with E-state index in [1.165, 1.54) is 12.0 Å². The van der Waals surface area contributed by atoms with Crippen LogP contribution in [0.25, 0.3) is 11.3 Å². The average Bonchev–Trinajstić information content (AvgIpc) is 3.17. The van der Waals surface area contributed by atoms with E-state index in [-0.39, 0.29) is 5.56 Å². The lowest BCUT2D eigenvalue weighted by Gasteiger charge is -2.37. The fraction of sp³-hybridized carbons (Fsp3) is 0.348. The highest BCUT2D eigenvalue weighted by Crippen LogP contribution is 2.33. The van der Waals surface area contributed by atoms with Gasteiger partial charge in [-0.15, -0.1) is 0 Å². The van der Waals surface area contributed by atoms with E-state index in [2.05, 4.69) is 50.1 Å². The fourth-order valence-corrected chi connectivity index (χ4v) is 4.75. The Balaban J connectivity index is 1.40. The van der Waals surface area contributed by atoms with Crippen molar-refractivity contribution in [3.8, 4) is 11.3 Å². The number of pyridine rings is 1. The number of H-pyrrole nitrogens is 1. The maximum atomic E-state index is 12.4. The summed E-state index contributed by atoms with van der Waals surface area (Å²) >= 11 is 0. The summed E-state index contributed by atoms with van der Waals surface area (Å²) in [4.78, 5) is 29.1. The van der Waals surface area contributed by atoms with E-state index in [0.717, 1.165) is 38.2 Å². The normalized spacial score (nSPS) is 21.9. The third-order valence-electron chi connectivity index (χ3n) is 6.08. The highest BCUT2D eigenvalue weighted by molar-refractivity contribution is 5.59. The van der Waals surface area contributed by atoms with E-state index in [0.29, 0.717) is 23.6 Å². The SMILES string of the molecule is O=c1cc(-c2ccncc2)nc(N2CCCC3CN(Cc4ccccc4)C[C@@H]32)[nH]1. The van der Waals surface area contributed by atoms with Crippen LogP contribution in [-0.4, -0.2) is 45.5 Å². The van der Waals surface area contributed by atoms with Crippen LogP contribution in [0.1, 0.15) is 18.4 Å². The summed E-state index contributed by atoms with van der Waals surface area (Å²) in [5.74, 6) is 1.31. The summed E-state index contributed by atoms with van der Waals surface area (Å²) in [6.07, 6.45) is 5.82. The summed E-state index contributed by atoms with van der Waals surface area (Å²) in [6, 6.07) is 16.4. The summed E-state index contributed by atoms with van der Waals surface area (Å²) in [5.41, 5.74) is 2.86. The Morgan fingerprint density at radius 2 is 1.90 bits per heavy atom. The molecule has 0 spiro atoms. The molecule has 1 unspecified atom stereocenters. The molecule has 148 valence electrons. The van der Waals surface area contributed by atoms with Crippen LogP contribution in [0.3, 0.4) is 0 Å². The summed E-state index contributed by atoms with van der Waals surface area (Å²) in [5, 5.41) is 0. The monoisotopic (exact) mass is 387 g/mol. The zero-order chi connectivity index (χ0) is 19.6. The van der Waals surface area contributed by atoms with E-state index in [9.17, 15) is 4.79 Å². The van der Waals surface area contributed by atoms with Gasteiger partial charge in [-0.3, -0.25) is 19.7 Å². The molecule has 0 bridgehead atoms. The van der Waals surface area contributed by atoms with Gasteiger partial charge >= 0.3 is 0 Å². The second-order valence-electron chi connectivity index (χ2n) is 8.03. The molecule has 29 heavy (non-hydrogen) atoms. The number of rotatable bonds is 4. The second kappa shape index (κ2) is 7.79. The molecule has 1 N–H and O–H groups in total. The zero-order valence-corrected chi connectivity index (χ0v) is 16.4. The number of piperidine rings is 1. The van der Waals surface area contributed by atoms with Crippen LogP contribution in [-0.2, 0) is 6.54 Å². The van der Waals surface area contributed by atoms with Crippen molar-refractivity contribution < 1.29 is 0 Å². The lowest BCUT2D eigenvalue weighted by atomic mass is 9.92. The standard InChI is InChI=1S/C23H25N5O/c29-22-13-20(18-8-10-24-11-9-18)25-23(26-22)28-12-4-7-19-15-27(16-21(19)28)14-17-5-2-1-3-6-17/h1-3,5-6,8-11,13,19,21H,4,7,12,14-16H2,(H,25,26,29)/t19?,21-/m0/s1. The lowest BCUT2D eigenvalue weighted by Crippen LogP contribution is -2.46. The molecule has 1 aromatic carbocycles. The van der Waals surface area contributed by atoms with Crippen LogP contribution in [0.5, 0.6) is 0 Å². The number of aromatic amines is 1. The molecule has 2 atom stereocenters. The first kappa shape index (κ1) is 18.1. The van der Waals surface area contributed by atoms with Gasteiger partial charge in [-0.05, 0) is 36.5 Å². The van der Waals surface area contributed by atoms with Crippen molar-refractivity contribution in [3.63, 3.8) is 0 Å². The molecular weight excluding hydrogens is 362 g/mol. The van der Waals surface area contributed by atoms with Gasteiger partial charge in [0, 0.05) is 56.2 Å². The summed E-state index contributed by atoms with van der Waals surface area (Å²) < 4.78 is 0. The summed E-state index contributed by atoms with van der Waals surface area (Å²) in [7, 11) is 0. The molecule has 6 heteroatoms. The van der Waals surface area contributed by atoms with E-state index < -0.39 is 0 Å². The van der Waals surface area contributed by atoms with Crippen LogP contribution < -0.4 is 10.5 Å². The summed E-state index contributed by atoms with van der Waals surface area (Å²) in [6.45, 7) is 4.01. The van der Waals surface area contributed by atoms with Gasteiger partial charge in [-0.1, -0.05) is 30.3 Å². The van der Waals surface area contributed by atoms with Crippen LogP contribution in [0.15, 0.2) is 65.7 Å². The van der Waals surface area contributed by atoms with Crippen molar-refractivity contribution in [3.05, 3.63) is 76.8 Å². The first-order valence-electron chi connectivity index (χ1n) is 10.3. The average molecular weight is 387 g/mol. The number of benzene rings is 1. The molecule has 4 heterocycles. The molecule has 2 fully saturated rings. The molecule has 2 saturated heterocycles. The van der Waals surface area contributed by atoms with Gasteiger partial charge in [-0.25, -0.2) is 4.98 Å². The molecule has 5 rings (SSSR count). The van der Waals surface area contributed by atoms with Crippen molar-refractivity contribution >= 4 is 5.95 Å². The molecule has 6 nitrogen and oxygen atoms in total. The van der Waals surface area contributed by atoms with Gasteiger partial charge in [0.2, 0.25) is 5.95 Å². The van der Waals surface area contributed by atoms with Gasteiger partial charge in [0.25, 0.3) is 5.56 Å². The van der Waals surface area contributed by atoms with Crippen molar-refractivity contribution in [1.82, 2.24) is 19.9 Å². The largest absolute Gasteiger partial charge is 0.338 e. The number of hydrogen-bond acceptors (Lipinski definition) is 5. The highest BCUT2D eigenvalue weighted by Gasteiger charge is 2.39. The minimum Gasteiger partial charge on any atom is -0.338 e. The Labute approximate surface area is 170 Å². The fourth-order valence-electron chi connectivity index (χ4n) is 4.75. The van der Waals surface area contributed by atoms with Crippen molar-refractivity contribution in [2.45, 2.75) is 25.4 Å². The van der Waals surface area contributed by atoms with Crippen LogP contribution in [0.2, 0.25) is 0 Å². The van der Waals surface area contributed by atoms with Gasteiger partial charge in [0.1, 0.15) is 0 Å². The topological polar surface area (TPSA) is 65.1 Å². The molecule has 0 radical (unpaired) electrons. The minimum absolute atomic E-state index is 0.108. The number of fused-ring (bicyclic) bond motifs is 1. The Bertz CT molecular complexity index is 1020. The minimum atomic E-state index is -0.108. The quantitative estimate of drug-likeness (QED) is 0.746. The molecular formula is C23H25N5O. The Kier molecular flexibility index (Phi) is 4.86.